The smallest absolute Gasteiger partial charge is 0.319 e. The molecule has 5 rings (SSSR count). The van der Waals surface area contributed by atoms with E-state index in [1.54, 1.807) is 0 Å². The Morgan fingerprint density at radius 2 is 1.88 bits per heavy atom. The summed E-state index contributed by atoms with van der Waals surface area (Å²) in [4.78, 5) is 12.4. The van der Waals surface area contributed by atoms with Gasteiger partial charge in [0.25, 0.3) is 0 Å². The first-order valence-electron chi connectivity index (χ1n) is 12.0. The van der Waals surface area contributed by atoms with Crippen LogP contribution in [-0.4, -0.2) is 36.5 Å². The molecule has 3 aromatic rings. The maximum Gasteiger partial charge on any atom is 0.319 e. The first-order valence-corrected chi connectivity index (χ1v) is 12.0. The summed E-state index contributed by atoms with van der Waals surface area (Å²) in [7, 11) is 0. The SMILES string of the molecule is CCOc1ccc2c(N)c(-c3ccc(NC(=O)NC4CCOCC4)cc3)n(C3CCC3)c2c1. The highest BCUT2D eigenvalue weighted by molar-refractivity contribution is 6.02. The molecule has 7 heteroatoms. The monoisotopic (exact) mass is 448 g/mol. The molecule has 2 aliphatic rings. The average Bonchev–Trinajstić information content (AvgIpc) is 3.06. The van der Waals surface area contributed by atoms with Crippen molar-refractivity contribution in [2.45, 2.75) is 51.1 Å². The summed E-state index contributed by atoms with van der Waals surface area (Å²) >= 11 is 0. The van der Waals surface area contributed by atoms with Gasteiger partial charge in [0, 0.05) is 48.0 Å². The minimum absolute atomic E-state index is 0.164. The van der Waals surface area contributed by atoms with Gasteiger partial charge in [0.1, 0.15) is 5.75 Å². The summed E-state index contributed by atoms with van der Waals surface area (Å²) in [6.45, 7) is 4.02. The van der Waals surface area contributed by atoms with Crippen LogP contribution < -0.4 is 21.1 Å². The number of carbonyl (C=O) groups excluding carboxylic acids is 1. The Kier molecular flexibility index (Phi) is 6.13. The molecule has 0 spiro atoms. The van der Waals surface area contributed by atoms with Crippen molar-refractivity contribution in [1.29, 1.82) is 0 Å². The number of aromatic nitrogens is 1. The van der Waals surface area contributed by atoms with E-state index in [4.69, 9.17) is 15.2 Å². The summed E-state index contributed by atoms with van der Waals surface area (Å²) in [5, 5.41) is 7.03. The zero-order valence-electron chi connectivity index (χ0n) is 19.1. The molecule has 174 valence electrons. The number of amides is 2. The van der Waals surface area contributed by atoms with Crippen LogP contribution in [0.15, 0.2) is 42.5 Å². The van der Waals surface area contributed by atoms with E-state index in [1.165, 1.54) is 6.42 Å². The van der Waals surface area contributed by atoms with E-state index in [0.717, 1.165) is 65.0 Å². The van der Waals surface area contributed by atoms with Crippen molar-refractivity contribution in [3.05, 3.63) is 42.5 Å². The number of nitrogens with two attached hydrogens (primary N) is 1. The van der Waals surface area contributed by atoms with Gasteiger partial charge in [-0.25, -0.2) is 4.79 Å². The molecule has 0 unspecified atom stereocenters. The number of fused-ring (bicyclic) bond motifs is 1. The second-order valence-corrected chi connectivity index (χ2v) is 8.89. The number of nitrogens with one attached hydrogen (secondary N) is 2. The summed E-state index contributed by atoms with van der Waals surface area (Å²) in [6.07, 6.45) is 5.24. The molecule has 0 radical (unpaired) electrons. The molecule has 2 aromatic carbocycles. The highest BCUT2D eigenvalue weighted by Gasteiger charge is 2.27. The molecule has 2 fully saturated rings. The van der Waals surface area contributed by atoms with Crippen LogP contribution >= 0.6 is 0 Å². The first-order chi connectivity index (χ1) is 16.1. The van der Waals surface area contributed by atoms with Gasteiger partial charge in [-0.1, -0.05) is 12.1 Å². The topological polar surface area (TPSA) is 90.5 Å². The highest BCUT2D eigenvalue weighted by Crippen LogP contribution is 2.44. The van der Waals surface area contributed by atoms with Crippen LogP contribution in [0.5, 0.6) is 5.75 Å². The average molecular weight is 449 g/mol. The molecule has 0 atom stereocenters. The van der Waals surface area contributed by atoms with E-state index < -0.39 is 0 Å². The maximum absolute atomic E-state index is 12.4. The third-order valence-electron chi connectivity index (χ3n) is 6.74. The van der Waals surface area contributed by atoms with Crippen molar-refractivity contribution in [3.63, 3.8) is 0 Å². The summed E-state index contributed by atoms with van der Waals surface area (Å²) in [5.41, 5.74) is 11.4. The van der Waals surface area contributed by atoms with Crippen molar-refractivity contribution in [2.24, 2.45) is 0 Å². The van der Waals surface area contributed by atoms with E-state index in [-0.39, 0.29) is 12.1 Å². The number of nitrogens with zero attached hydrogens (tertiary/aromatic N) is 1. The lowest BCUT2D eigenvalue weighted by Gasteiger charge is -2.30. The molecule has 2 heterocycles. The minimum Gasteiger partial charge on any atom is -0.494 e. The second kappa shape index (κ2) is 9.35. The zero-order chi connectivity index (χ0) is 22.8. The quantitative estimate of drug-likeness (QED) is 0.476. The number of hydrogen-bond donors (Lipinski definition) is 3. The van der Waals surface area contributed by atoms with Crippen LogP contribution in [0.3, 0.4) is 0 Å². The van der Waals surface area contributed by atoms with Gasteiger partial charge in [0.2, 0.25) is 0 Å². The van der Waals surface area contributed by atoms with Gasteiger partial charge in [0.15, 0.2) is 0 Å². The molecule has 1 saturated carbocycles. The normalized spacial score (nSPS) is 17.0. The van der Waals surface area contributed by atoms with Crippen LogP contribution in [-0.2, 0) is 4.74 Å². The molecule has 1 aliphatic heterocycles. The number of ether oxygens (including phenoxy) is 2. The molecular weight excluding hydrogens is 416 g/mol. The summed E-state index contributed by atoms with van der Waals surface area (Å²) in [5.74, 6) is 0.865. The summed E-state index contributed by atoms with van der Waals surface area (Å²) < 4.78 is 13.5. The van der Waals surface area contributed by atoms with Crippen LogP contribution in [0.25, 0.3) is 22.2 Å². The first kappa shape index (κ1) is 21.6. The van der Waals surface area contributed by atoms with Gasteiger partial charge < -0.3 is 30.4 Å². The maximum atomic E-state index is 12.4. The Morgan fingerprint density at radius 1 is 1.12 bits per heavy atom. The van der Waals surface area contributed by atoms with Crippen LogP contribution in [0, 0.1) is 0 Å². The molecule has 4 N–H and O–H groups in total. The third-order valence-corrected chi connectivity index (χ3v) is 6.74. The van der Waals surface area contributed by atoms with Gasteiger partial charge in [-0.3, -0.25) is 0 Å². The Balaban J connectivity index is 1.41. The molecule has 0 bridgehead atoms. The molecule has 33 heavy (non-hydrogen) atoms. The highest BCUT2D eigenvalue weighted by atomic mass is 16.5. The van der Waals surface area contributed by atoms with Crippen LogP contribution in [0.4, 0.5) is 16.2 Å². The standard InChI is InChI=1S/C26H32N4O3/c1-2-33-21-10-11-22-23(16-21)30(20-4-3-5-20)25(24(22)27)17-6-8-18(9-7-17)28-26(31)29-19-12-14-32-15-13-19/h6-11,16,19-20H,2-5,12-15,27H2,1H3,(H2,28,29,31). The Labute approximate surface area is 194 Å². The fourth-order valence-corrected chi connectivity index (χ4v) is 4.80. The molecule has 1 saturated heterocycles. The van der Waals surface area contributed by atoms with Gasteiger partial charge >= 0.3 is 6.03 Å². The lowest BCUT2D eigenvalue weighted by molar-refractivity contribution is 0.0806. The van der Waals surface area contributed by atoms with E-state index in [0.29, 0.717) is 25.9 Å². The van der Waals surface area contributed by atoms with Crippen molar-refractivity contribution >= 4 is 28.3 Å². The second-order valence-electron chi connectivity index (χ2n) is 8.89. The number of anilines is 2. The van der Waals surface area contributed by atoms with Gasteiger partial charge in [-0.2, -0.15) is 0 Å². The predicted octanol–water partition coefficient (Wildman–Crippen LogP) is 5.31. The number of urea groups is 1. The molecule has 7 nitrogen and oxygen atoms in total. The predicted molar refractivity (Wildman–Crippen MR) is 132 cm³/mol. The number of hydrogen-bond acceptors (Lipinski definition) is 4. The van der Waals surface area contributed by atoms with Crippen LogP contribution in [0.2, 0.25) is 0 Å². The van der Waals surface area contributed by atoms with E-state index in [2.05, 4.69) is 27.3 Å². The Morgan fingerprint density at radius 3 is 2.55 bits per heavy atom. The van der Waals surface area contributed by atoms with Crippen molar-refractivity contribution < 1.29 is 14.3 Å². The Bertz CT molecular complexity index is 1130. The van der Waals surface area contributed by atoms with Gasteiger partial charge in [-0.15, -0.1) is 0 Å². The van der Waals surface area contributed by atoms with Crippen molar-refractivity contribution in [3.8, 4) is 17.0 Å². The van der Waals surface area contributed by atoms with Gasteiger partial charge in [-0.05, 0) is 63.3 Å². The van der Waals surface area contributed by atoms with E-state index in [1.807, 2.05) is 37.3 Å². The number of carbonyl (C=O) groups is 1. The number of rotatable bonds is 6. The van der Waals surface area contributed by atoms with Crippen molar-refractivity contribution in [1.82, 2.24) is 9.88 Å². The molecule has 1 aromatic heterocycles. The Hall–Kier alpha value is -3.19. The number of nitrogen functional groups attached to an aromatic ring is 1. The van der Waals surface area contributed by atoms with Crippen molar-refractivity contribution in [2.75, 3.05) is 30.9 Å². The largest absolute Gasteiger partial charge is 0.494 e. The molecule has 1 aliphatic carbocycles. The summed E-state index contributed by atoms with van der Waals surface area (Å²) in [6, 6.07) is 14.5. The third kappa shape index (κ3) is 4.37. The van der Waals surface area contributed by atoms with Crippen LogP contribution in [0.1, 0.15) is 45.1 Å². The van der Waals surface area contributed by atoms with E-state index >= 15 is 0 Å². The minimum atomic E-state index is -0.179. The van der Waals surface area contributed by atoms with E-state index in [9.17, 15) is 4.79 Å². The van der Waals surface area contributed by atoms with Gasteiger partial charge in [0.05, 0.1) is 23.5 Å². The lowest BCUT2D eigenvalue weighted by atomic mass is 9.92. The zero-order valence-corrected chi connectivity index (χ0v) is 19.1. The fourth-order valence-electron chi connectivity index (χ4n) is 4.80. The molecular formula is C26H32N4O3. The lowest BCUT2D eigenvalue weighted by Crippen LogP contribution is -2.41. The number of benzene rings is 2. The molecule has 2 amide bonds. The fraction of sp³-hybridized carbons (Fsp3) is 0.423.